The van der Waals surface area contributed by atoms with E-state index in [9.17, 15) is 0 Å². The van der Waals surface area contributed by atoms with Gasteiger partial charge in [-0.05, 0) is 13.3 Å². The first kappa shape index (κ1) is 10.9. The third kappa shape index (κ3) is 4.04. The van der Waals surface area contributed by atoms with E-state index >= 15 is 0 Å². The third-order valence-electron chi connectivity index (χ3n) is 2.25. The van der Waals surface area contributed by atoms with Gasteiger partial charge < -0.3 is 19.9 Å². The van der Waals surface area contributed by atoms with Crippen molar-refractivity contribution < 1.29 is 14.6 Å². The lowest BCUT2D eigenvalue weighted by molar-refractivity contribution is 0.0884. The van der Waals surface area contributed by atoms with Crippen LogP contribution in [0.1, 0.15) is 13.3 Å². The van der Waals surface area contributed by atoms with Gasteiger partial charge in [-0.2, -0.15) is 0 Å². The maximum atomic E-state index is 8.46. The molecule has 1 atom stereocenters. The normalized spacial score (nSPS) is 28.2. The van der Waals surface area contributed by atoms with Gasteiger partial charge in [-0.1, -0.05) is 0 Å². The van der Waals surface area contributed by atoms with Crippen LogP contribution in [0.5, 0.6) is 0 Å². The van der Waals surface area contributed by atoms with Gasteiger partial charge in [0.2, 0.25) is 0 Å². The molecule has 1 unspecified atom stereocenters. The summed E-state index contributed by atoms with van der Waals surface area (Å²) in [6.45, 7) is 5.78. The summed E-state index contributed by atoms with van der Waals surface area (Å²) in [6.07, 6.45) is 1.06. The van der Waals surface area contributed by atoms with Crippen molar-refractivity contribution in [2.45, 2.75) is 18.9 Å². The number of aliphatic hydroxyl groups is 1. The Morgan fingerprint density at radius 1 is 1.54 bits per heavy atom. The fourth-order valence-corrected chi connectivity index (χ4v) is 1.40. The van der Waals surface area contributed by atoms with Gasteiger partial charge in [0.1, 0.15) is 0 Å². The van der Waals surface area contributed by atoms with Gasteiger partial charge in [0.15, 0.2) is 0 Å². The fraction of sp³-hybridized carbons (Fsp3) is 1.00. The van der Waals surface area contributed by atoms with Crippen molar-refractivity contribution in [3.05, 3.63) is 0 Å². The van der Waals surface area contributed by atoms with E-state index in [1.807, 2.05) is 0 Å². The highest BCUT2D eigenvalue weighted by atomic mass is 16.5. The van der Waals surface area contributed by atoms with Crippen LogP contribution in [0, 0.1) is 0 Å². The summed E-state index contributed by atoms with van der Waals surface area (Å²) in [5.74, 6) is 0. The first-order chi connectivity index (χ1) is 6.27. The van der Waals surface area contributed by atoms with Crippen LogP contribution in [0.25, 0.3) is 0 Å². The molecule has 1 aliphatic heterocycles. The maximum Gasteiger partial charge on any atom is 0.0698 e. The van der Waals surface area contributed by atoms with Gasteiger partial charge in [-0.15, -0.1) is 0 Å². The van der Waals surface area contributed by atoms with E-state index in [-0.39, 0.29) is 12.1 Å². The van der Waals surface area contributed by atoms with E-state index in [0.29, 0.717) is 13.2 Å². The van der Waals surface area contributed by atoms with E-state index < -0.39 is 0 Å². The van der Waals surface area contributed by atoms with Crippen LogP contribution in [-0.4, -0.2) is 50.2 Å². The standard InChI is InChI=1S/C9H19NO3/c1-9(2-5-13-8-9)10-3-6-12-7-4-11/h10-11H,2-8H2,1H3. The molecule has 1 heterocycles. The molecule has 4 nitrogen and oxygen atoms in total. The van der Waals surface area contributed by atoms with E-state index in [1.165, 1.54) is 0 Å². The van der Waals surface area contributed by atoms with Crippen LogP contribution in [0.3, 0.4) is 0 Å². The van der Waals surface area contributed by atoms with Crippen molar-refractivity contribution in [2.75, 3.05) is 39.6 Å². The molecule has 0 amide bonds. The largest absolute Gasteiger partial charge is 0.394 e. The molecule has 0 radical (unpaired) electrons. The quantitative estimate of drug-likeness (QED) is 0.566. The lowest BCUT2D eigenvalue weighted by Crippen LogP contribution is -2.44. The van der Waals surface area contributed by atoms with E-state index in [1.54, 1.807) is 0 Å². The summed E-state index contributed by atoms with van der Waals surface area (Å²) in [4.78, 5) is 0. The molecule has 0 aromatic heterocycles. The predicted octanol–water partition coefficient (Wildman–Crippen LogP) is -0.236. The molecule has 1 saturated heterocycles. The molecule has 0 spiro atoms. The molecule has 0 aliphatic carbocycles. The van der Waals surface area contributed by atoms with Crippen LogP contribution in [0.2, 0.25) is 0 Å². The Hall–Kier alpha value is -0.160. The van der Waals surface area contributed by atoms with Crippen molar-refractivity contribution in [1.82, 2.24) is 5.32 Å². The van der Waals surface area contributed by atoms with Gasteiger partial charge in [0.25, 0.3) is 0 Å². The number of ether oxygens (including phenoxy) is 2. The zero-order valence-electron chi connectivity index (χ0n) is 8.21. The van der Waals surface area contributed by atoms with E-state index in [4.69, 9.17) is 14.6 Å². The maximum absolute atomic E-state index is 8.46. The molecule has 0 bridgehead atoms. The van der Waals surface area contributed by atoms with E-state index in [0.717, 1.165) is 26.2 Å². The number of nitrogens with one attached hydrogen (secondary N) is 1. The molecule has 2 N–H and O–H groups in total. The Morgan fingerprint density at radius 2 is 2.38 bits per heavy atom. The summed E-state index contributed by atoms with van der Waals surface area (Å²) < 4.78 is 10.4. The second kappa shape index (κ2) is 5.54. The monoisotopic (exact) mass is 189 g/mol. The molecule has 78 valence electrons. The molecule has 13 heavy (non-hydrogen) atoms. The van der Waals surface area contributed by atoms with E-state index in [2.05, 4.69) is 12.2 Å². The Labute approximate surface area is 79.2 Å². The lowest BCUT2D eigenvalue weighted by Gasteiger charge is -2.23. The van der Waals surface area contributed by atoms with Gasteiger partial charge >= 0.3 is 0 Å². The first-order valence-electron chi connectivity index (χ1n) is 4.78. The topological polar surface area (TPSA) is 50.7 Å². The van der Waals surface area contributed by atoms with Crippen LogP contribution < -0.4 is 5.32 Å². The Bertz CT molecular complexity index is 135. The van der Waals surface area contributed by atoms with Crippen LogP contribution in [0.15, 0.2) is 0 Å². The highest BCUT2D eigenvalue weighted by Crippen LogP contribution is 2.16. The van der Waals surface area contributed by atoms with Crippen molar-refractivity contribution in [1.29, 1.82) is 0 Å². The molecule has 0 aromatic carbocycles. The van der Waals surface area contributed by atoms with Gasteiger partial charge in [-0.25, -0.2) is 0 Å². The highest BCUT2D eigenvalue weighted by Gasteiger charge is 2.28. The lowest BCUT2D eigenvalue weighted by atomic mass is 10.0. The molecule has 4 heteroatoms. The van der Waals surface area contributed by atoms with Gasteiger partial charge in [-0.3, -0.25) is 0 Å². The zero-order chi connectivity index (χ0) is 9.57. The SMILES string of the molecule is CC1(NCCOCCO)CCOC1. The average molecular weight is 189 g/mol. The Kier molecular flexibility index (Phi) is 4.66. The van der Waals surface area contributed by atoms with Crippen molar-refractivity contribution in [3.63, 3.8) is 0 Å². The zero-order valence-corrected chi connectivity index (χ0v) is 8.21. The smallest absolute Gasteiger partial charge is 0.0698 e. The second-order valence-electron chi connectivity index (χ2n) is 3.63. The van der Waals surface area contributed by atoms with Crippen molar-refractivity contribution in [3.8, 4) is 0 Å². The second-order valence-corrected chi connectivity index (χ2v) is 3.63. The average Bonchev–Trinajstić information content (AvgIpc) is 2.53. The van der Waals surface area contributed by atoms with Crippen LogP contribution in [-0.2, 0) is 9.47 Å². The molecular weight excluding hydrogens is 170 g/mol. The number of hydrogen-bond acceptors (Lipinski definition) is 4. The van der Waals surface area contributed by atoms with Gasteiger partial charge in [0, 0.05) is 18.7 Å². The van der Waals surface area contributed by atoms with Crippen molar-refractivity contribution in [2.24, 2.45) is 0 Å². The van der Waals surface area contributed by atoms with Gasteiger partial charge in [0.05, 0.1) is 26.4 Å². The van der Waals surface area contributed by atoms with Crippen molar-refractivity contribution >= 4 is 0 Å². The summed E-state index contributed by atoms with van der Waals surface area (Å²) >= 11 is 0. The van der Waals surface area contributed by atoms with Crippen LogP contribution >= 0.6 is 0 Å². The Morgan fingerprint density at radius 3 is 3.00 bits per heavy atom. The summed E-state index contributed by atoms with van der Waals surface area (Å²) in [6, 6.07) is 0. The molecule has 1 rings (SSSR count). The molecule has 0 aromatic rings. The fourth-order valence-electron chi connectivity index (χ4n) is 1.40. The third-order valence-corrected chi connectivity index (χ3v) is 2.25. The highest BCUT2D eigenvalue weighted by molar-refractivity contribution is 4.86. The first-order valence-corrected chi connectivity index (χ1v) is 4.78. The summed E-state index contributed by atoms with van der Waals surface area (Å²) in [7, 11) is 0. The summed E-state index contributed by atoms with van der Waals surface area (Å²) in [5.41, 5.74) is 0.128. The minimum Gasteiger partial charge on any atom is -0.394 e. The molecule has 1 fully saturated rings. The predicted molar refractivity (Wildman–Crippen MR) is 49.7 cm³/mol. The van der Waals surface area contributed by atoms with Crippen LogP contribution in [0.4, 0.5) is 0 Å². The summed E-state index contributed by atoms with van der Waals surface area (Å²) in [5, 5.41) is 11.8. The Balaban J connectivity index is 1.98. The minimum atomic E-state index is 0.0976. The number of rotatable bonds is 6. The number of hydrogen-bond donors (Lipinski definition) is 2. The molecular formula is C9H19NO3. The number of aliphatic hydroxyl groups excluding tert-OH is 1. The molecule has 0 saturated carbocycles. The minimum absolute atomic E-state index is 0.0976. The molecule has 1 aliphatic rings.